The molecule has 30 heavy (non-hydrogen) atoms. The minimum Gasteiger partial charge on any atom is -0.356 e. The van der Waals surface area contributed by atoms with Crippen LogP contribution in [-0.2, 0) is 0 Å². The highest BCUT2D eigenvalue weighted by Crippen LogP contribution is 2.30. The summed E-state index contributed by atoms with van der Waals surface area (Å²) in [6.45, 7) is 5.79. The molecule has 4 aromatic rings. The summed E-state index contributed by atoms with van der Waals surface area (Å²) in [5.41, 5.74) is 6.99. The van der Waals surface area contributed by atoms with Crippen LogP contribution in [0.5, 0.6) is 0 Å². The number of nitrogens with one attached hydrogen (secondary N) is 1. The molecule has 0 aliphatic carbocycles. The fraction of sp³-hybridized carbons (Fsp3) is 0.0345. The molecule has 0 amide bonds. The monoisotopic (exact) mass is 387 g/mol. The van der Waals surface area contributed by atoms with Crippen molar-refractivity contribution in [3.05, 3.63) is 127 Å². The van der Waals surface area contributed by atoms with Gasteiger partial charge in [-0.15, -0.1) is 0 Å². The highest BCUT2D eigenvalue weighted by atomic mass is 14.9. The van der Waals surface area contributed by atoms with E-state index >= 15 is 0 Å². The van der Waals surface area contributed by atoms with Crippen LogP contribution in [0.25, 0.3) is 27.5 Å². The van der Waals surface area contributed by atoms with Gasteiger partial charge in [-0.2, -0.15) is 0 Å². The highest BCUT2D eigenvalue weighted by molar-refractivity contribution is 5.96. The Morgan fingerprint density at radius 3 is 2.13 bits per heavy atom. The number of rotatable bonds is 6. The van der Waals surface area contributed by atoms with E-state index in [1.54, 1.807) is 6.08 Å². The zero-order valence-electron chi connectivity index (χ0n) is 17.2. The molecule has 4 aromatic carbocycles. The molecule has 0 saturated carbocycles. The van der Waals surface area contributed by atoms with Crippen molar-refractivity contribution in [2.45, 2.75) is 6.92 Å². The molecular weight excluding hydrogens is 362 g/mol. The summed E-state index contributed by atoms with van der Waals surface area (Å²) >= 11 is 0. The summed E-state index contributed by atoms with van der Waals surface area (Å²) < 4.78 is 0. The molecule has 4 rings (SSSR count). The quantitative estimate of drug-likeness (QED) is 0.327. The molecule has 0 saturated heterocycles. The Balaban J connectivity index is 1.52. The molecule has 146 valence electrons. The van der Waals surface area contributed by atoms with Gasteiger partial charge in [0.15, 0.2) is 0 Å². The van der Waals surface area contributed by atoms with E-state index in [1.165, 1.54) is 33.0 Å². The van der Waals surface area contributed by atoms with Crippen molar-refractivity contribution < 1.29 is 0 Å². The first kappa shape index (κ1) is 19.5. The predicted molar refractivity (Wildman–Crippen MR) is 132 cm³/mol. The third-order valence-corrected chi connectivity index (χ3v) is 5.22. The number of anilines is 2. The van der Waals surface area contributed by atoms with Crippen LogP contribution in [0.4, 0.5) is 11.4 Å². The molecule has 0 heterocycles. The Labute approximate surface area is 178 Å². The van der Waals surface area contributed by atoms with Gasteiger partial charge in [0.2, 0.25) is 0 Å². The summed E-state index contributed by atoms with van der Waals surface area (Å²) in [6.07, 6.45) is 7.93. The maximum absolute atomic E-state index is 3.74. The lowest BCUT2D eigenvalue weighted by Gasteiger charge is -2.10. The standard InChI is InChI=1S/C29H25N/c1-3-5-9-22(4-2)23-14-18-26(19-15-23)30-27-20-16-25(17-21-27)29-13-8-11-24-10-6-7-12-28(24)29/h3-21,30H,1H2,2H3/b9-5-,22-4+. The minimum atomic E-state index is 1.07. The third kappa shape index (κ3) is 4.26. The molecule has 1 nitrogen and oxygen atoms in total. The van der Waals surface area contributed by atoms with E-state index < -0.39 is 0 Å². The van der Waals surface area contributed by atoms with Gasteiger partial charge >= 0.3 is 0 Å². The number of allylic oxidation sites excluding steroid dienone is 5. The van der Waals surface area contributed by atoms with Crippen molar-refractivity contribution in [2.24, 2.45) is 0 Å². The lowest BCUT2D eigenvalue weighted by atomic mass is 9.98. The fourth-order valence-electron chi connectivity index (χ4n) is 3.65. The number of hydrogen-bond acceptors (Lipinski definition) is 1. The zero-order chi connectivity index (χ0) is 20.8. The number of hydrogen-bond donors (Lipinski definition) is 1. The fourth-order valence-corrected chi connectivity index (χ4v) is 3.65. The maximum atomic E-state index is 3.74. The van der Waals surface area contributed by atoms with E-state index in [9.17, 15) is 0 Å². The van der Waals surface area contributed by atoms with Crippen molar-refractivity contribution in [3.8, 4) is 11.1 Å². The Hall–Kier alpha value is -3.84. The second-order valence-electron chi connectivity index (χ2n) is 7.15. The van der Waals surface area contributed by atoms with E-state index in [1.807, 2.05) is 13.0 Å². The van der Waals surface area contributed by atoms with E-state index in [2.05, 4.69) is 115 Å². The molecule has 0 fully saturated rings. The van der Waals surface area contributed by atoms with Crippen molar-refractivity contribution in [2.75, 3.05) is 5.32 Å². The van der Waals surface area contributed by atoms with Gasteiger partial charge in [-0.25, -0.2) is 0 Å². The Bertz CT molecular complexity index is 1200. The molecular formula is C29H25N. The average molecular weight is 388 g/mol. The first-order chi connectivity index (χ1) is 14.8. The molecule has 0 spiro atoms. The van der Waals surface area contributed by atoms with Crippen LogP contribution in [-0.4, -0.2) is 0 Å². The minimum absolute atomic E-state index is 1.07. The normalized spacial score (nSPS) is 11.7. The molecule has 0 unspecified atom stereocenters. The topological polar surface area (TPSA) is 12.0 Å². The summed E-state index contributed by atoms with van der Waals surface area (Å²) in [7, 11) is 0. The largest absolute Gasteiger partial charge is 0.356 e. The first-order valence-electron chi connectivity index (χ1n) is 10.2. The SMILES string of the molecule is C=C/C=C\C(=C/C)c1ccc(Nc2ccc(-c3cccc4ccccc34)cc2)cc1. The third-order valence-electron chi connectivity index (χ3n) is 5.22. The average Bonchev–Trinajstić information content (AvgIpc) is 2.81. The molecule has 0 aromatic heterocycles. The molecule has 0 aliphatic rings. The molecule has 0 bridgehead atoms. The zero-order valence-corrected chi connectivity index (χ0v) is 17.2. The van der Waals surface area contributed by atoms with E-state index in [0.717, 1.165) is 11.4 Å². The van der Waals surface area contributed by atoms with Crippen molar-refractivity contribution in [3.63, 3.8) is 0 Å². The number of benzene rings is 4. The smallest absolute Gasteiger partial charge is 0.0384 e. The van der Waals surface area contributed by atoms with Crippen molar-refractivity contribution in [1.82, 2.24) is 0 Å². The lowest BCUT2D eigenvalue weighted by molar-refractivity contribution is 1.52. The first-order valence-corrected chi connectivity index (χ1v) is 10.2. The molecule has 0 radical (unpaired) electrons. The maximum Gasteiger partial charge on any atom is 0.0384 e. The summed E-state index contributed by atoms with van der Waals surface area (Å²) in [4.78, 5) is 0. The van der Waals surface area contributed by atoms with Crippen LogP contribution < -0.4 is 5.32 Å². The van der Waals surface area contributed by atoms with Gasteiger partial charge in [0.1, 0.15) is 0 Å². The van der Waals surface area contributed by atoms with Gasteiger partial charge in [-0.1, -0.05) is 97.6 Å². The molecule has 0 atom stereocenters. The van der Waals surface area contributed by atoms with Gasteiger partial charge in [0.25, 0.3) is 0 Å². The van der Waals surface area contributed by atoms with Crippen molar-refractivity contribution in [1.29, 1.82) is 0 Å². The molecule has 0 aliphatic heterocycles. The van der Waals surface area contributed by atoms with Crippen LogP contribution in [0, 0.1) is 0 Å². The predicted octanol–water partition coefficient (Wildman–Crippen LogP) is 8.40. The summed E-state index contributed by atoms with van der Waals surface area (Å²) in [6, 6.07) is 32.1. The van der Waals surface area contributed by atoms with E-state index in [4.69, 9.17) is 0 Å². The Kier molecular flexibility index (Phi) is 5.91. The molecule has 1 heteroatoms. The van der Waals surface area contributed by atoms with Crippen molar-refractivity contribution >= 4 is 27.7 Å². The second-order valence-corrected chi connectivity index (χ2v) is 7.15. The van der Waals surface area contributed by atoms with Gasteiger partial charge in [-0.05, 0) is 64.2 Å². The Morgan fingerprint density at radius 1 is 0.767 bits per heavy atom. The van der Waals surface area contributed by atoms with Crippen LogP contribution in [0.15, 0.2) is 122 Å². The molecule has 1 N–H and O–H groups in total. The van der Waals surface area contributed by atoms with E-state index in [-0.39, 0.29) is 0 Å². The summed E-state index contributed by atoms with van der Waals surface area (Å²) in [5.74, 6) is 0. The van der Waals surface area contributed by atoms with Gasteiger partial charge in [0, 0.05) is 11.4 Å². The van der Waals surface area contributed by atoms with Gasteiger partial charge < -0.3 is 5.32 Å². The van der Waals surface area contributed by atoms with Crippen LogP contribution >= 0.6 is 0 Å². The second kappa shape index (κ2) is 9.11. The lowest BCUT2D eigenvalue weighted by Crippen LogP contribution is -1.91. The highest BCUT2D eigenvalue weighted by Gasteiger charge is 2.04. The summed E-state index contributed by atoms with van der Waals surface area (Å²) in [5, 5.41) is 6.04. The number of fused-ring (bicyclic) bond motifs is 1. The van der Waals surface area contributed by atoms with Crippen LogP contribution in [0.2, 0.25) is 0 Å². The van der Waals surface area contributed by atoms with Gasteiger partial charge in [-0.3, -0.25) is 0 Å². The van der Waals surface area contributed by atoms with Gasteiger partial charge in [0.05, 0.1) is 0 Å². The Morgan fingerprint density at radius 2 is 1.43 bits per heavy atom. The van der Waals surface area contributed by atoms with Crippen LogP contribution in [0.3, 0.4) is 0 Å². The van der Waals surface area contributed by atoms with E-state index in [0.29, 0.717) is 0 Å². The van der Waals surface area contributed by atoms with Crippen LogP contribution in [0.1, 0.15) is 12.5 Å².